The molecule has 110 valence electrons. The fourth-order valence-electron chi connectivity index (χ4n) is 2.51. The molecule has 3 rings (SSSR count). The van der Waals surface area contributed by atoms with Crippen LogP contribution in [-0.4, -0.2) is 48.1 Å². The third-order valence-corrected chi connectivity index (χ3v) is 3.80. The first-order valence-electron chi connectivity index (χ1n) is 6.81. The minimum absolute atomic E-state index is 0.0317. The summed E-state index contributed by atoms with van der Waals surface area (Å²) in [6.45, 7) is 1.95. The molecule has 0 bridgehead atoms. The summed E-state index contributed by atoms with van der Waals surface area (Å²) in [7, 11) is 3.42. The van der Waals surface area contributed by atoms with Crippen LogP contribution in [0.4, 0.5) is 10.6 Å². The van der Waals surface area contributed by atoms with Crippen LogP contribution in [0, 0.1) is 0 Å². The number of pyridine rings is 1. The maximum atomic E-state index is 11.9. The van der Waals surface area contributed by atoms with Gasteiger partial charge in [0.15, 0.2) is 0 Å². The average Bonchev–Trinajstić information content (AvgIpc) is 2.79. The van der Waals surface area contributed by atoms with Crippen molar-refractivity contribution in [2.24, 2.45) is 0 Å². The van der Waals surface area contributed by atoms with Gasteiger partial charge in [0, 0.05) is 37.2 Å². The quantitative estimate of drug-likeness (QED) is 0.932. The lowest BCUT2D eigenvalue weighted by molar-refractivity contribution is 0.197. The van der Waals surface area contributed by atoms with E-state index in [0.717, 1.165) is 35.3 Å². The number of benzene rings is 1. The van der Waals surface area contributed by atoms with Crippen LogP contribution in [0.1, 0.15) is 5.56 Å². The van der Waals surface area contributed by atoms with E-state index in [4.69, 9.17) is 10.5 Å². The number of anilines is 1. The number of methoxy groups -OCH3 is 1. The van der Waals surface area contributed by atoms with Crippen LogP contribution >= 0.6 is 0 Å². The lowest BCUT2D eigenvalue weighted by atomic mass is 10.1. The lowest BCUT2D eigenvalue weighted by Gasteiger charge is -2.17. The Balaban J connectivity index is 1.92. The summed E-state index contributed by atoms with van der Waals surface area (Å²) in [5.41, 5.74) is 7.70. The first kappa shape index (κ1) is 13.5. The molecule has 0 atom stereocenters. The lowest BCUT2D eigenvalue weighted by Crippen LogP contribution is -2.29. The first-order chi connectivity index (χ1) is 10.1. The molecule has 0 unspecified atom stereocenters. The molecule has 2 N–H and O–H groups in total. The van der Waals surface area contributed by atoms with E-state index in [2.05, 4.69) is 4.98 Å². The molecule has 1 aromatic heterocycles. The van der Waals surface area contributed by atoms with E-state index in [9.17, 15) is 4.79 Å². The standard InChI is InChI=1S/C15H18N4O2/c1-18-5-6-19(15(18)20)9-11-7-10-3-4-12(21-2)8-13(10)17-14(11)16/h3-4,7-8H,5-6,9H2,1-2H3,(H2,16,17). The molecule has 1 aromatic carbocycles. The second-order valence-electron chi connectivity index (χ2n) is 5.22. The van der Waals surface area contributed by atoms with E-state index >= 15 is 0 Å². The van der Waals surface area contributed by atoms with Crippen molar-refractivity contribution in [3.63, 3.8) is 0 Å². The molecule has 21 heavy (non-hydrogen) atoms. The number of rotatable bonds is 3. The van der Waals surface area contributed by atoms with Crippen LogP contribution in [-0.2, 0) is 6.54 Å². The van der Waals surface area contributed by atoms with Gasteiger partial charge in [-0.15, -0.1) is 0 Å². The van der Waals surface area contributed by atoms with Gasteiger partial charge >= 0.3 is 6.03 Å². The fourth-order valence-corrected chi connectivity index (χ4v) is 2.51. The van der Waals surface area contributed by atoms with Crippen molar-refractivity contribution in [2.45, 2.75) is 6.54 Å². The molecular weight excluding hydrogens is 268 g/mol. The number of amides is 2. The van der Waals surface area contributed by atoms with Crippen molar-refractivity contribution in [1.29, 1.82) is 0 Å². The second-order valence-corrected chi connectivity index (χ2v) is 5.22. The van der Waals surface area contributed by atoms with E-state index in [1.165, 1.54) is 0 Å². The Labute approximate surface area is 123 Å². The van der Waals surface area contributed by atoms with Gasteiger partial charge < -0.3 is 20.3 Å². The molecule has 0 spiro atoms. The molecule has 2 aromatic rings. The maximum absolute atomic E-state index is 11.9. The van der Waals surface area contributed by atoms with Crippen molar-refractivity contribution in [1.82, 2.24) is 14.8 Å². The number of likely N-dealkylation sites (N-methyl/N-ethyl adjacent to an activating group) is 1. The Hall–Kier alpha value is -2.50. The Bertz CT molecular complexity index is 701. The van der Waals surface area contributed by atoms with E-state index < -0.39 is 0 Å². The second kappa shape index (κ2) is 5.12. The van der Waals surface area contributed by atoms with Gasteiger partial charge in [0.2, 0.25) is 0 Å². The summed E-state index contributed by atoms with van der Waals surface area (Å²) in [6.07, 6.45) is 0. The van der Waals surface area contributed by atoms with E-state index in [0.29, 0.717) is 12.4 Å². The molecule has 1 aliphatic heterocycles. The number of fused-ring (bicyclic) bond motifs is 1. The Morgan fingerprint density at radius 3 is 2.81 bits per heavy atom. The number of hydrogen-bond acceptors (Lipinski definition) is 4. The van der Waals surface area contributed by atoms with Gasteiger partial charge in [0.25, 0.3) is 0 Å². The number of ether oxygens (including phenoxy) is 1. The molecule has 6 nitrogen and oxygen atoms in total. The molecule has 2 amide bonds. The number of carbonyl (C=O) groups excluding carboxylic acids is 1. The van der Waals surface area contributed by atoms with Crippen LogP contribution in [0.5, 0.6) is 5.75 Å². The van der Waals surface area contributed by atoms with Gasteiger partial charge in [-0.3, -0.25) is 0 Å². The normalized spacial score (nSPS) is 15.0. The van der Waals surface area contributed by atoms with Gasteiger partial charge in [-0.1, -0.05) is 0 Å². The van der Waals surface area contributed by atoms with Crippen LogP contribution < -0.4 is 10.5 Å². The number of hydrogen-bond donors (Lipinski definition) is 1. The third-order valence-electron chi connectivity index (χ3n) is 3.80. The SMILES string of the molecule is COc1ccc2cc(CN3CCN(C)C3=O)c(N)nc2c1. The summed E-state index contributed by atoms with van der Waals surface area (Å²) in [4.78, 5) is 19.8. The Morgan fingerprint density at radius 1 is 1.33 bits per heavy atom. The Morgan fingerprint density at radius 2 is 2.14 bits per heavy atom. The van der Waals surface area contributed by atoms with Gasteiger partial charge in [-0.05, 0) is 18.2 Å². The zero-order valence-corrected chi connectivity index (χ0v) is 12.2. The maximum Gasteiger partial charge on any atom is 0.320 e. The predicted molar refractivity (Wildman–Crippen MR) is 81.1 cm³/mol. The van der Waals surface area contributed by atoms with Crippen molar-refractivity contribution >= 4 is 22.8 Å². The number of aromatic nitrogens is 1. The molecule has 0 aliphatic carbocycles. The number of nitrogens with two attached hydrogens (primary N) is 1. The molecular formula is C15H18N4O2. The van der Waals surface area contributed by atoms with E-state index in [1.54, 1.807) is 24.0 Å². The molecule has 1 aliphatic rings. The fraction of sp³-hybridized carbons (Fsp3) is 0.333. The number of nitrogens with zero attached hydrogens (tertiary/aromatic N) is 3. The highest BCUT2D eigenvalue weighted by molar-refractivity contribution is 5.83. The molecule has 0 radical (unpaired) electrons. The summed E-state index contributed by atoms with van der Waals surface area (Å²) in [6, 6.07) is 7.71. The van der Waals surface area contributed by atoms with E-state index in [1.807, 2.05) is 24.3 Å². The van der Waals surface area contributed by atoms with Crippen molar-refractivity contribution in [2.75, 3.05) is 33.0 Å². The monoisotopic (exact) mass is 286 g/mol. The first-order valence-corrected chi connectivity index (χ1v) is 6.81. The highest BCUT2D eigenvalue weighted by Gasteiger charge is 2.25. The molecule has 1 saturated heterocycles. The minimum Gasteiger partial charge on any atom is -0.497 e. The zero-order chi connectivity index (χ0) is 15.0. The van der Waals surface area contributed by atoms with Gasteiger partial charge in [0.05, 0.1) is 19.2 Å². The summed E-state index contributed by atoms with van der Waals surface area (Å²) in [5.74, 6) is 1.21. The third kappa shape index (κ3) is 2.44. The molecule has 0 saturated carbocycles. The number of nitrogen functional groups attached to an aromatic ring is 1. The van der Waals surface area contributed by atoms with Crippen molar-refractivity contribution in [3.8, 4) is 5.75 Å². The molecule has 6 heteroatoms. The van der Waals surface area contributed by atoms with Crippen LogP contribution in [0.25, 0.3) is 10.9 Å². The Kier molecular flexibility index (Phi) is 3.29. The van der Waals surface area contributed by atoms with Gasteiger partial charge in [-0.2, -0.15) is 0 Å². The molecule has 2 heterocycles. The summed E-state index contributed by atoms with van der Waals surface area (Å²) < 4.78 is 5.19. The van der Waals surface area contributed by atoms with E-state index in [-0.39, 0.29) is 6.03 Å². The van der Waals surface area contributed by atoms with Gasteiger partial charge in [-0.25, -0.2) is 9.78 Å². The number of urea groups is 1. The highest BCUT2D eigenvalue weighted by atomic mass is 16.5. The minimum atomic E-state index is 0.0317. The summed E-state index contributed by atoms with van der Waals surface area (Å²) in [5, 5.41) is 0.986. The zero-order valence-electron chi connectivity index (χ0n) is 12.2. The average molecular weight is 286 g/mol. The summed E-state index contributed by atoms with van der Waals surface area (Å²) >= 11 is 0. The topological polar surface area (TPSA) is 71.7 Å². The predicted octanol–water partition coefficient (Wildman–Crippen LogP) is 1.69. The van der Waals surface area contributed by atoms with Crippen molar-refractivity contribution < 1.29 is 9.53 Å². The number of carbonyl (C=O) groups is 1. The van der Waals surface area contributed by atoms with Crippen molar-refractivity contribution in [3.05, 3.63) is 29.8 Å². The largest absolute Gasteiger partial charge is 0.497 e. The highest BCUT2D eigenvalue weighted by Crippen LogP contribution is 2.24. The molecule has 1 fully saturated rings. The van der Waals surface area contributed by atoms with Crippen LogP contribution in [0.3, 0.4) is 0 Å². The van der Waals surface area contributed by atoms with Gasteiger partial charge in [0.1, 0.15) is 11.6 Å². The smallest absolute Gasteiger partial charge is 0.320 e. The van der Waals surface area contributed by atoms with Crippen LogP contribution in [0.2, 0.25) is 0 Å². The van der Waals surface area contributed by atoms with Crippen LogP contribution in [0.15, 0.2) is 24.3 Å².